The van der Waals surface area contributed by atoms with E-state index in [1.54, 1.807) is 6.07 Å². The topological polar surface area (TPSA) is 93.8 Å². The number of hydrogen-bond donors (Lipinski definition) is 1. The minimum absolute atomic E-state index is 0.0154. The lowest BCUT2D eigenvalue weighted by atomic mass is 10.2. The first-order valence-electron chi connectivity index (χ1n) is 6.51. The Bertz CT molecular complexity index is 784. The highest BCUT2D eigenvalue weighted by Gasteiger charge is 2.10. The molecule has 126 valence electrons. The second-order valence-electron chi connectivity index (χ2n) is 4.55. The molecule has 1 N–H and O–H groups in total. The molecule has 0 bridgehead atoms. The molecule has 0 saturated carbocycles. The largest absolute Gasteiger partial charge is 0.482 e. The fourth-order valence-corrected chi connectivity index (χ4v) is 3.97. The Morgan fingerprint density at radius 1 is 1.46 bits per heavy atom. The summed E-state index contributed by atoms with van der Waals surface area (Å²) in [6.45, 7) is 1.66. The Kier molecular flexibility index (Phi) is 6.46. The average molecular weight is 477 g/mol. The zero-order valence-corrected chi connectivity index (χ0v) is 16.3. The summed E-state index contributed by atoms with van der Waals surface area (Å²) >= 11 is 7.71. The highest BCUT2D eigenvalue weighted by Crippen LogP contribution is 2.32. The number of ether oxygens (including phenoxy) is 1. The number of hydrazone groups is 1. The summed E-state index contributed by atoms with van der Waals surface area (Å²) in [5, 5.41) is 14.3. The fraction of sp³-hybridized carbons (Fsp3) is 0.143. The summed E-state index contributed by atoms with van der Waals surface area (Å²) < 4.78 is 7.12. The molecule has 0 unspecified atom stereocenters. The first-order valence-corrected chi connectivity index (χ1v) is 8.91. The van der Waals surface area contributed by atoms with E-state index in [-0.39, 0.29) is 11.6 Å². The predicted molar refractivity (Wildman–Crippen MR) is 98.8 cm³/mol. The summed E-state index contributed by atoms with van der Waals surface area (Å²) in [5.74, 6) is 0.137. The molecule has 0 aliphatic rings. The molecule has 0 aliphatic carbocycles. The number of benzene rings is 1. The highest BCUT2D eigenvalue weighted by molar-refractivity contribution is 9.11. The van der Waals surface area contributed by atoms with E-state index in [0.717, 1.165) is 25.8 Å². The van der Waals surface area contributed by atoms with Crippen molar-refractivity contribution in [2.24, 2.45) is 5.10 Å². The molecule has 1 heterocycles. The van der Waals surface area contributed by atoms with Crippen LogP contribution in [-0.2, 0) is 4.79 Å². The summed E-state index contributed by atoms with van der Waals surface area (Å²) in [6.07, 6.45) is 1.34. The van der Waals surface area contributed by atoms with E-state index < -0.39 is 10.8 Å². The molecule has 0 radical (unpaired) electrons. The van der Waals surface area contributed by atoms with Crippen molar-refractivity contribution in [2.45, 2.75) is 6.92 Å². The van der Waals surface area contributed by atoms with Gasteiger partial charge in [0.2, 0.25) is 0 Å². The van der Waals surface area contributed by atoms with Crippen molar-refractivity contribution in [3.8, 4) is 5.75 Å². The summed E-state index contributed by atoms with van der Waals surface area (Å²) in [5.41, 5.74) is 3.18. The number of rotatable bonds is 6. The Morgan fingerprint density at radius 2 is 2.21 bits per heavy atom. The van der Waals surface area contributed by atoms with E-state index in [2.05, 4.69) is 42.4 Å². The van der Waals surface area contributed by atoms with Gasteiger partial charge in [0.15, 0.2) is 6.61 Å². The second-order valence-corrected chi connectivity index (χ2v) is 7.41. The van der Waals surface area contributed by atoms with Gasteiger partial charge in [-0.15, -0.1) is 0 Å². The zero-order chi connectivity index (χ0) is 17.7. The number of nitro groups is 1. The quantitative estimate of drug-likeness (QED) is 0.387. The van der Waals surface area contributed by atoms with Crippen LogP contribution in [0.4, 0.5) is 5.00 Å². The monoisotopic (exact) mass is 475 g/mol. The van der Waals surface area contributed by atoms with Crippen LogP contribution < -0.4 is 10.2 Å². The van der Waals surface area contributed by atoms with E-state index in [9.17, 15) is 14.9 Å². The van der Waals surface area contributed by atoms with Crippen LogP contribution in [0.15, 0.2) is 38.3 Å². The molecule has 1 aromatic carbocycles. The second kappa shape index (κ2) is 8.36. The first kappa shape index (κ1) is 18.6. The number of carbonyl (C=O) groups excluding carboxylic acids is 1. The summed E-state index contributed by atoms with van der Waals surface area (Å²) in [7, 11) is 0. The summed E-state index contributed by atoms with van der Waals surface area (Å²) in [6, 6.07) is 6.63. The van der Waals surface area contributed by atoms with E-state index in [1.807, 2.05) is 19.1 Å². The molecule has 0 atom stereocenters. The van der Waals surface area contributed by atoms with Crippen molar-refractivity contribution in [3.05, 3.63) is 53.8 Å². The van der Waals surface area contributed by atoms with Gasteiger partial charge >= 0.3 is 5.00 Å². The molecule has 1 aromatic heterocycles. The number of amides is 1. The molecule has 24 heavy (non-hydrogen) atoms. The van der Waals surface area contributed by atoms with Crippen LogP contribution in [0.2, 0.25) is 0 Å². The molecule has 0 aliphatic heterocycles. The average Bonchev–Trinajstić information content (AvgIpc) is 2.95. The van der Waals surface area contributed by atoms with E-state index in [0.29, 0.717) is 10.6 Å². The van der Waals surface area contributed by atoms with Gasteiger partial charge in [0.05, 0.1) is 20.5 Å². The zero-order valence-electron chi connectivity index (χ0n) is 12.3. The SMILES string of the molecule is Cc1cc(Br)cc(Br)c1OCC(=O)N/N=C/c1ccc([N+](=O)[O-])s1. The van der Waals surface area contributed by atoms with Gasteiger partial charge in [-0.1, -0.05) is 27.3 Å². The first-order chi connectivity index (χ1) is 11.4. The van der Waals surface area contributed by atoms with Gasteiger partial charge in [-0.2, -0.15) is 5.10 Å². The normalized spacial score (nSPS) is 10.8. The Morgan fingerprint density at radius 3 is 2.83 bits per heavy atom. The molecule has 0 fully saturated rings. The van der Waals surface area contributed by atoms with Gasteiger partial charge < -0.3 is 4.74 Å². The lowest BCUT2D eigenvalue weighted by Gasteiger charge is -2.10. The van der Waals surface area contributed by atoms with Gasteiger partial charge in [0, 0.05) is 10.5 Å². The standard InChI is InChI=1S/C14H11Br2N3O4S/c1-8-4-9(15)5-11(16)14(8)23-7-12(20)18-17-6-10-2-3-13(24-10)19(21)22/h2-6H,7H2,1H3,(H,18,20)/b17-6+. The fourth-order valence-electron chi connectivity index (χ4n) is 1.72. The molecule has 0 saturated heterocycles. The van der Waals surface area contributed by atoms with E-state index >= 15 is 0 Å². The number of aryl methyl sites for hydroxylation is 1. The van der Waals surface area contributed by atoms with Crippen LogP contribution in [0.3, 0.4) is 0 Å². The lowest BCUT2D eigenvalue weighted by Crippen LogP contribution is -2.24. The van der Waals surface area contributed by atoms with Crippen molar-refractivity contribution in [3.63, 3.8) is 0 Å². The third kappa shape index (κ3) is 5.11. The number of carbonyl (C=O) groups is 1. The Hall–Kier alpha value is -1.78. The number of nitrogens with zero attached hydrogens (tertiary/aromatic N) is 2. The van der Waals surface area contributed by atoms with Crippen molar-refractivity contribution in [1.29, 1.82) is 0 Å². The van der Waals surface area contributed by atoms with Gasteiger partial charge in [-0.25, -0.2) is 5.43 Å². The maximum atomic E-state index is 11.7. The van der Waals surface area contributed by atoms with Crippen LogP contribution in [0.1, 0.15) is 10.4 Å². The summed E-state index contributed by atoms with van der Waals surface area (Å²) in [4.78, 5) is 22.4. The van der Waals surface area contributed by atoms with Gasteiger partial charge in [0.1, 0.15) is 5.75 Å². The van der Waals surface area contributed by atoms with Crippen molar-refractivity contribution in [1.82, 2.24) is 5.43 Å². The van der Waals surface area contributed by atoms with Crippen LogP contribution in [-0.4, -0.2) is 23.7 Å². The molecular weight excluding hydrogens is 466 g/mol. The smallest absolute Gasteiger partial charge is 0.324 e. The highest BCUT2D eigenvalue weighted by atomic mass is 79.9. The maximum Gasteiger partial charge on any atom is 0.324 e. The van der Waals surface area contributed by atoms with Gasteiger partial charge in [0.25, 0.3) is 5.91 Å². The Balaban J connectivity index is 1.87. The van der Waals surface area contributed by atoms with Crippen LogP contribution in [0.25, 0.3) is 0 Å². The van der Waals surface area contributed by atoms with Crippen molar-refractivity contribution in [2.75, 3.05) is 6.61 Å². The molecule has 1 amide bonds. The predicted octanol–water partition coefficient (Wildman–Crippen LogP) is 4.02. The maximum absolute atomic E-state index is 11.7. The third-order valence-electron chi connectivity index (χ3n) is 2.72. The molecule has 2 aromatic rings. The number of thiophene rings is 1. The van der Waals surface area contributed by atoms with Crippen LogP contribution in [0, 0.1) is 17.0 Å². The third-order valence-corrected chi connectivity index (χ3v) is 4.73. The number of nitrogens with one attached hydrogen (secondary N) is 1. The van der Waals surface area contributed by atoms with E-state index in [4.69, 9.17) is 4.74 Å². The van der Waals surface area contributed by atoms with Crippen LogP contribution >= 0.6 is 43.2 Å². The van der Waals surface area contributed by atoms with E-state index in [1.165, 1.54) is 12.3 Å². The molecule has 7 nitrogen and oxygen atoms in total. The minimum atomic E-state index is -0.479. The minimum Gasteiger partial charge on any atom is -0.482 e. The molecule has 2 rings (SSSR count). The number of hydrogen-bond acceptors (Lipinski definition) is 6. The number of halogens is 2. The van der Waals surface area contributed by atoms with Crippen LogP contribution in [0.5, 0.6) is 5.75 Å². The van der Waals surface area contributed by atoms with Gasteiger partial charge in [-0.05, 0) is 46.6 Å². The molecule has 0 spiro atoms. The van der Waals surface area contributed by atoms with Crippen molar-refractivity contribution < 1.29 is 14.5 Å². The van der Waals surface area contributed by atoms with Gasteiger partial charge in [-0.3, -0.25) is 14.9 Å². The molecule has 10 heteroatoms. The lowest BCUT2D eigenvalue weighted by molar-refractivity contribution is -0.380. The Labute approximate surface area is 158 Å². The molecular formula is C14H11Br2N3O4S. The van der Waals surface area contributed by atoms with Crippen molar-refractivity contribution >= 4 is 60.3 Å².